The standard InChI is InChI=1S/C20H16FN5O2/c1-12-6-5-9-22-18(12)15-11-28-20(23-15)24-19(27)17-10-13(2)25-26(17)16-8-4-3-7-14(16)21/h3-11H,1-2H3,(H,23,24,27). The second kappa shape index (κ2) is 7.07. The van der Waals surface area contributed by atoms with Gasteiger partial charge in [-0.15, -0.1) is 0 Å². The molecule has 0 radical (unpaired) electrons. The van der Waals surface area contributed by atoms with E-state index in [-0.39, 0.29) is 17.4 Å². The molecule has 1 amide bonds. The Bertz CT molecular complexity index is 1160. The number of carbonyl (C=O) groups excluding carboxylic acids is 1. The van der Waals surface area contributed by atoms with Gasteiger partial charge in [-0.3, -0.25) is 15.1 Å². The molecule has 28 heavy (non-hydrogen) atoms. The zero-order valence-corrected chi connectivity index (χ0v) is 15.2. The predicted octanol–water partition coefficient (Wildman–Crippen LogP) is 3.93. The maximum Gasteiger partial charge on any atom is 0.302 e. The third-order valence-electron chi connectivity index (χ3n) is 4.12. The molecule has 0 aliphatic rings. The third-order valence-corrected chi connectivity index (χ3v) is 4.12. The Morgan fingerprint density at radius 1 is 1.18 bits per heavy atom. The van der Waals surface area contributed by atoms with Crippen LogP contribution in [0.4, 0.5) is 10.4 Å². The van der Waals surface area contributed by atoms with Crippen molar-refractivity contribution in [3.63, 3.8) is 0 Å². The van der Waals surface area contributed by atoms with Gasteiger partial charge in [0.15, 0.2) is 0 Å². The topological polar surface area (TPSA) is 85.8 Å². The van der Waals surface area contributed by atoms with Crippen LogP contribution in [0.5, 0.6) is 0 Å². The second-order valence-electron chi connectivity index (χ2n) is 6.20. The van der Waals surface area contributed by atoms with E-state index in [0.29, 0.717) is 17.1 Å². The van der Waals surface area contributed by atoms with Crippen molar-refractivity contribution in [1.29, 1.82) is 0 Å². The number of aryl methyl sites for hydroxylation is 2. The van der Waals surface area contributed by atoms with Crippen LogP contribution in [-0.4, -0.2) is 25.7 Å². The summed E-state index contributed by atoms with van der Waals surface area (Å²) in [5.74, 6) is -1.00. The SMILES string of the molecule is Cc1cc(C(=O)Nc2nc(-c3ncccc3C)co2)n(-c2ccccc2F)n1. The normalized spacial score (nSPS) is 10.8. The Balaban J connectivity index is 1.62. The third kappa shape index (κ3) is 3.27. The summed E-state index contributed by atoms with van der Waals surface area (Å²) in [6.45, 7) is 3.63. The van der Waals surface area contributed by atoms with Crippen LogP contribution < -0.4 is 5.32 Å². The first-order chi connectivity index (χ1) is 13.5. The van der Waals surface area contributed by atoms with E-state index < -0.39 is 11.7 Å². The highest BCUT2D eigenvalue weighted by Gasteiger charge is 2.20. The van der Waals surface area contributed by atoms with Gasteiger partial charge in [0.25, 0.3) is 5.91 Å². The predicted molar refractivity (Wildman–Crippen MR) is 101 cm³/mol. The van der Waals surface area contributed by atoms with Gasteiger partial charge in [-0.25, -0.2) is 9.07 Å². The zero-order chi connectivity index (χ0) is 19.7. The molecule has 3 heterocycles. The van der Waals surface area contributed by atoms with Crippen molar-refractivity contribution < 1.29 is 13.6 Å². The maximum atomic E-state index is 14.2. The van der Waals surface area contributed by atoms with Crippen LogP contribution in [0.3, 0.4) is 0 Å². The smallest absolute Gasteiger partial charge is 0.302 e. The fourth-order valence-corrected chi connectivity index (χ4v) is 2.82. The minimum atomic E-state index is -0.519. The van der Waals surface area contributed by atoms with Gasteiger partial charge < -0.3 is 4.42 Å². The first-order valence-electron chi connectivity index (χ1n) is 8.53. The summed E-state index contributed by atoms with van der Waals surface area (Å²) in [5.41, 5.74) is 3.02. The van der Waals surface area contributed by atoms with Gasteiger partial charge in [0.1, 0.15) is 29.2 Å². The summed E-state index contributed by atoms with van der Waals surface area (Å²) in [5, 5.41) is 6.81. The van der Waals surface area contributed by atoms with E-state index in [1.165, 1.54) is 17.0 Å². The van der Waals surface area contributed by atoms with E-state index in [1.54, 1.807) is 37.4 Å². The first-order valence-corrected chi connectivity index (χ1v) is 8.53. The Kier molecular flexibility index (Phi) is 4.44. The molecule has 4 aromatic rings. The average Bonchev–Trinajstić information content (AvgIpc) is 3.29. The number of anilines is 1. The van der Waals surface area contributed by atoms with Crippen LogP contribution >= 0.6 is 0 Å². The lowest BCUT2D eigenvalue weighted by Gasteiger charge is -2.07. The summed E-state index contributed by atoms with van der Waals surface area (Å²) < 4.78 is 20.8. The van der Waals surface area contributed by atoms with E-state index >= 15 is 0 Å². The molecule has 0 saturated heterocycles. The van der Waals surface area contributed by atoms with Gasteiger partial charge in [-0.2, -0.15) is 10.1 Å². The lowest BCUT2D eigenvalue weighted by Crippen LogP contribution is -2.17. The zero-order valence-electron chi connectivity index (χ0n) is 15.2. The van der Waals surface area contributed by atoms with Crippen molar-refractivity contribution in [2.45, 2.75) is 13.8 Å². The summed E-state index contributed by atoms with van der Waals surface area (Å²) in [6.07, 6.45) is 3.08. The van der Waals surface area contributed by atoms with Gasteiger partial charge >= 0.3 is 6.01 Å². The van der Waals surface area contributed by atoms with Crippen LogP contribution in [0.15, 0.2) is 59.3 Å². The van der Waals surface area contributed by atoms with Crippen LogP contribution in [0.2, 0.25) is 0 Å². The lowest BCUT2D eigenvalue weighted by atomic mass is 10.2. The molecule has 1 aromatic carbocycles. The number of carbonyl (C=O) groups is 1. The largest absolute Gasteiger partial charge is 0.431 e. The summed E-state index contributed by atoms with van der Waals surface area (Å²) in [6, 6.07) is 11.4. The monoisotopic (exact) mass is 377 g/mol. The molecule has 7 nitrogen and oxygen atoms in total. The summed E-state index contributed by atoms with van der Waals surface area (Å²) in [4.78, 5) is 21.3. The molecular formula is C20H16FN5O2. The Labute approximate surface area is 159 Å². The van der Waals surface area contributed by atoms with Gasteiger partial charge in [-0.05, 0) is 43.7 Å². The number of nitrogens with zero attached hydrogens (tertiary/aromatic N) is 4. The van der Waals surface area contributed by atoms with Gasteiger partial charge in [0, 0.05) is 6.20 Å². The number of nitrogens with one attached hydrogen (secondary N) is 1. The van der Waals surface area contributed by atoms with Crippen LogP contribution in [0.1, 0.15) is 21.7 Å². The molecule has 0 spiro atoms. The van der Waals surface area contributed by atoms with Crippen molar-refractivity contribution in [1.82, 2.24) is 19.7 Å². The van der Waals surface area contributed by atoms with Crippen LogP contribution in [0.25, 0.3) is 17.1 Å². The van der Waals surface area contributed by atoms with Gasteiger partial charge in [0.2, 0.25) is 0 Å². The fourth-order valence-electron chi connectivity index (χ4n) is 2.82. The average molecular weight is 377 g/mol. The molecule has 0 unspecified atom stereocenters. The number of amides is 1. The van der Waals surface area contributed by atoms with E-state index in [0.717, 1.165) is 5.56 Å². The van der Waals surface area contributed by atoms with Gasteiger partial charge in [0.05, 0.1) is 11.4 Å². The van der Waals surface area contributed by atoms with Crippen molar-refractivity contribution in [3.05, 3.63) is 77.7 Å². The number of aromatic nitrogens is 4. The molecule has 0 atom stereocenters. The molecule has 0 bridgehead atoms. The number of halogens is 1. The quantitative estimate of drug-likeness (QED) is 0.582. The number of hydrogen-bond acceptors (Lipinski definition) is 5. The van der Waals surface area contributed by atoms with Crippen molar-refractivity contribution in [3.8, 4) is 17.1 Å². The van der Waals surface area contributed by atoms with E-state index in [2.05, 4.69) is 20.4 Å². The minimum Gasteiger partial charge on any atom is -0.431 e. The maximum absolute atomic E-state index is 14.2. The minimum absolute atomic E-state index is 0.0176. The molecule has 3 aromatic heterocycles. The van der Waals surface area contributed by atoms with Gasteiger partial charge in [-0.1, -0.05) is 18.2 Å². The number of hydrogen-bond donors (Lipinski definition) is 1. The molecule has 8 heteroatoms. The fraction of sp³-hybridized carbons (Fsp3) is 0.100. The number of benzene rings is 1. The van der Waals surface area contributed by atoms with Crippen LogP contribution in [-0.2, 0) is 0 Å². The number of rotatable bonds is 4. The summed E-state index contributed by atoms with van der Waals surface area (Å²) in [7, 11) is 0. The highest BCUT2D eigenvalue weighted by molar-refractivity contribution is 6.02. The molecule has 0 fully saturated rings. The van der Waals surface area contributed by atoms with Crippen LogP contribution in [0, 0.1) is 19.7 Å². The molecule has 4 rings (SSSR count). The van der Waals surface area contributed by atoms with E-state index in [1.807, 2.05) is 19.1 Å². The molecule has 1 N–H and O–H groups in total. The second-order valence-corrected chi connectivity index (χ2v) is 6.20. The van der Waals surface area contributed by atoms with Crippen molar-refractivity contribution in [2.24, 2.45) is 0 Å². The highest BCUT2D eigenvalue weighted by Crippen LogP contribution is 2.22. The Morgan fingerprint density at radius 3 is 2.79 bits per heavy atom. The molecule has 140 valence electrons. The van der Waals surface area contributed by atoms with Crippen molar-refractivity contribution >= 4 is 11.9 Å². The summed E-state index contributed by atoms with van der Waals surface area (Å²) >= 11 is 0. The number of pyridine rings is 1. The molecule has 0 aliphatic carbocycles. The first kappa shape index (κ1) is 17.6. The van der Waals surface area contributed by atoms with E-state index in [4.69, 9.17) is 4.42 Å². The van der Waals surface area contributed by atoms with E-state index in [9.17, 15) is 9.18 Å². The van der Waals surface area contributed by atoms with Crippen molar-refractivity contribution in [2.75, 3.05) is 5.32 Å². The molecule has 0 aliphatic heterocycles. The molecule has 0 saturated carbocycles. The molecular weight excluding hydrogens is 361 g/mol. The Hall–Kier alpha value is -3.81. The Morgan fingerprint density at radius 2 is 2.00 bits per heavy atom. The number of para-hydroxylation sites is 1. The highest BCUT2D eigenvalue weighted by atomic mass is 19.1. The number of oxazole rings is 1. The lowest BCUT2D eigenvalue weighted by molar-refractivity contribution is 0.101.